The quantitative estimate of drug-likeness (QED) is 0.704. The second kappa shape index (κ2) is 7.90. The Morgan fingerprint density at radius 2 is 1.93 bits per heavy atom. The van der Waals surface area contributed by atoms with Gasteiger partial charge in [0.05, 0.1) is 24.5 Å². The summed E-state index contributed by atoms with van der Waals surface area (Å²) in [7, 11) is 0. The lowest BCUT2D eigenvalue weighted by atomic mass is 9.99. The number of rotatable bonds is 6. The Morgan fingerprint density at radius 3 is 2.61 bits per heavy atom. The van der Waals surface area contributed by atoms with Crippen LogP contribution in [0.3, 0.4) is 0 Å². The minimum absolute atomic E-state index is 0.0674. The van der Waals surface area contributed by atoms with Gasteiger partial charge >= 0.3 is 0 Å². The minimum atomic E-state index is -0.777. The van der Waals surface area contributed by atoms with Crippen LogP contribution in [0, 0.1) is 11.2 Å². The van der Waals surface area contributed by atoms with Gasteiger partial charge in [-0.2, -0.15) is 0 Å². The SMILES string of the molecule is CC(C)(C)COCc1cccc(-n2nc(C(N)=O)nc2-c2ccccc2F)c1. The first kappa shape index (κ1) is 19.7. The standard InChI is InChI=1S/C21H23FN4O2/c1-21(2,3)13-28-12-14-7-6-8-15(11-14)26-20(24-19(25-26)18(23)27)16-9-4-5-10-17(16)22/h4-11H,12-13H2,1-3H3,(H2,23,27). The van der Waals surface area contributed by atoms with Crippen LogP contribution < -0.4 is 5.73 Å². The third-order valence-corrected chi connectivity index (χ3v) is 3.90. The third-order valence-electron chi connectivity index (χ3n) is 3.90. The lowest BCUT2D eigenvalue weighted by molar-refractivity contribution is 0.0599. The molecular formula is C21H23FN4O2. The predicted molar refractivity (Wildman–Crippen MR) is 104 cm³/mol. The molecule has 28 heavy (non-hydrogen) atoms. The van der Waals surface area contributed by atoms with Crippen LogP contribution >= 0.6 is 0 Å². The lowest BCUT2D eigenvalue weighted by Gasteiger charge is -2.18. The summed E-state index contributed by atoms with van der Waals surface area (Å²) < 4.78 is 21.5. The molecule has 146 valence electrons. The normalized spacial score (nSPS) is 11.6. The first-order valence-electron chi connectivity index (χ1n) is 8.93. The van der Waals surface area contributed by atoms with Crippen LogP contribution in [-0.2, 0) is 11.3 Å². The molecule has 7 heteroatoms. The Morgan fingerprint density at radius 1 is 1.18 bits per heavy atom. The molecule has 0 unspecified atom stereocenters. The maximum Gasteiger partial charge on any atom is 0.288 e. The molecule has 0 atom stereocenters. The molecule has 0 aliphatic heterocycles. The van der Waals surface area contributed by atoms with Crippen molar-refractivity contribution in [3.05, 3.63) is 65.7 Å². The Labute approximate surface area is 163 Å². The molecule has 1 heterocycles. The molecule has 0 fully saturated rings. The van der Waals surface area contributed by atoms with E-state index in [1.807, 2.05) is 18.2 Å². The molecule has 0 saturated carbocycles. The molecule has 2 aromatic carbocycles. The fourth-order valence-corrected chi connectivity index (χ4v) is 2.67. The zero-order chi connectivity index (χ0) is 20.3. The zero-order valence-corrected chi connectivity index (χ0v) is 16.1. The van der Waals surface area contributed by atoms with Crippen LogP contribution in [0.4, 0.5) is 4.39 Å². The number of carbonyl (C=O) groups is 1. The number of nitrogens with zero attached hydrogens (tertiary/aromatic N) is 3. The summed E-state index contributed by atoms with van der Waals surface area (Å²) in [4.78, 5) is 15.7. The van der Waals surface area contributed by atoms with Gasteiger partial charge in [0.2, 0.25) is 5.82 Å². The number of nitrogens with two attached hydrogens (primary N) is 1. The van der Waals surface area contributed by atoms with Crippen molar-refractivity contribution in [1.29, 1.82) is 0 Å². The molecule has 0 radical (unpaired) electrons. The summed E-state index contributed by atoms with van der Waals surface area (Å²) in [5, 5.41) is 4.18. The van der Waals surface area contributed by atoms with Crippen LogP contribution in [-0.4, -0.2) is 27.3 Å². The monoisotopic (exact) mass is 382 g/mol. The summed E-state index contributed by atoms with van der Waals surface area (Å²) in [6.07, 6.45) is 0. The number of carbonyl (C=O) groups excluding carboxylic acids is 1. The maximum absolute atomic E-state index is 14.3. The van der Waals surface area contributed by atoms with Gasteiger partial charge in [-0.25, -0.2) is 14.1 Å². The highest BCUT2D eigenvalue weighted by Gasteiger charge is 2.19. The summed E-state index contributed by atoms with van der Waals surface area (Å²) >= 11 is 0. The van der Waals surface area contributed by atoms with E-state index in [1.54, 1.807) is 24.3 Å². The Kier molecular flexibility index (Phi) is 5.56. The van der Waals surface area contributed by atoms with Crippen molar-refractivity contribution in [3.63, 3.8) is 0 Å². The molecule has 0 aliphatic carbocycles. The van der Waals surface area contributed by atoms with Crippen molar-refractivity contribution in [1.82, 2.24) is 14.8 Å². The molecule has 3 aromatic rings. The van der Waals surface area contributed by atoms with Gasteiger partial charge in [0.1, 0.15) is 5.82 Å². The molecule has 1 aromatic heterocycles. The van der Waals surface area contributed by atoms with E-state index in [-0.39, 0.29) is 22.6 Å². The summed E-state index contributed by atoms with van der Waals surface area (Å²) in [6, 6.07) is 13.6. The Hall–Kier alpha value is -3.06. The maximum atomic E-state index is 14.3. The van der Waals surface area contributed by atoms with E-state index < -0.39 is 11.7 Å². The van der Waals surface area contributed by atoms with Crippen LogP contribution in [0.15, 0.2) is 48.5 Å². The van der Waals surface area contributed by atoms with Crippen molar-refractivity contribution in [2.24, 2.45) is 11.1 Å². The van der Waals surface area contributed by atoms with Gasteiger partial charge in [0.15, 0.2) is 5.82 Å². The van der Waals surface area contributed by atoms with Crippen LogP contribution in [0.5, 0.6) is 0 Å². The number of halogens is 1. The first-order chi connectivity index (χ1) is 13.2. The van der Waals surface area contributed by atoms with Crippen LogP contribution in [0.25, 0.3) is 17.1 Å². The number of amides is 1. The van der Waals surface area contributed by atoms with E-state index in [0.717, 1.165) is 5.56 Å². The van der Waals surface area contributed by atoms with Crippen molar-refractivity contribution < 1.29 is 13.9 Å². The van der Waals surface area contributed by atoms with Crippen molar-refractivity contribution in [2.45, 2.75) is 27.4 Å². The van der Waals surface area contributed by atoms with Crippen molar-refractivity contribution >= 4 is 5.91 Å². The minimum Gasteiger partial charge on any atom is -0.376 e. The van der Waals surface area contributed by atoms with E-state index in [1.165, 1.54) is 10.7 Å². The van der Waals surface area contributed by atoms with E-state index >= 15 is 0 Å². The smallest absolute Gasteiger partial charge is 0.288 e. The second-order valence-corrected chi connectivity index (χ2v) is 7.74. The van der Waals surface area contributed by atoms with Gasteiger partial charge in [-0.3, -0.25) is 4.79 Å². The molecule has 0 bridgehead atoms. The van der Waals surface area contributed by atoms with E-state index in [2.05, 4.69) is 30.9 Å². The first-order valence-corrected chi connectivity index (χ1v) is 8.93. The second-order valence-electron chi connectivity index (χ2n) is 7.74. The number of benzene rings is 2. The molecule has 0 saturated heterocycles. The van der Waals surface area contributed by atoms with E-state index in [9.17, 15) is 9.18 Å². The number of hydrogen-bond acceptors (Lipinski definition) is 4. The Balaban J connectivity index is 1.98. The summed E-state index contributed by atoms with van der Waals surface area (Å²) in [5.74, 6) is -1.20. The summed E-state index contributed by atoms with van der Waals surface area (Å²) in [6.45, 7) is 7.35. The third kappa shape index (κ3) is 4.61. The van der Waals surface area contributed by atoms with Gasteiger partial charge in [-0.05, 0) is 35.2 Å². The lowest BCUT2D eigenvalue weighted by Crippen LogP contribution is -2.14. The molecule has 0 aliphatic rings. The molecule has 3 rings (SSSR count). The molecule has 6 nitrogen and oxygen atoms in total. The molecule has 1 amide bonds. The van der Waals surface area contributed by atoms with Crippen LogP contribution in [0.1, 0.15) is 37.0 Å². The largest absolute Gasteiger partial charge is 0.376 e. The number of ether oxygens (including phenoxy) is 1. The number of aromatic nitrogens is 3. The van der Waals surface area contributed by atoms with E-state index in [4.69, 9.17) is 10.5 Å². The Bertz CT molecular complexity index is 992. The predicted octanol–water partition coefficient (Wildman–Crippen LogP) is 3.74. The summed E-state index contributed by atoms with van der Waals surface area (Å²) in [5.41, 5.74) is 7.20. The van der Waals surface area contributed by atoms with Crippen molar-refractivity contribution in [3.8, 4) is 17.1 Å². The molecular weight excluding hydrogens is 359 g/mol. The highest BCUT2D eigenvalue weighted by molar-refractivity contribution is 5.89. The van der Waals surface area contributed by atoms with Gasteiger partial charge < -0.3 is 10.5 Å². The average molecular weight is 382 g/mol. The molecule has 0 spiro atoms. The van der Waals surface area contributed by atoms with Crippen molar-refractivity contribution in [2.75, 3.05) is 6.61 Å². The fourth-order valence-electron chi connectivity index (χ4n) is 2.67. The van der Waals surface area contributed by atoms with Gasteiger partial charge in [-0.15, -0.1) is 5.10 Å². The highest BCUT2D eigenvalue weighted by atomic mass is 19.1. The van der Waals surface area contributed by atoms with E-state index in [0.29, 0.717) is 18.9 Å². The fraction of sp³-hybridized carbons (Fsp3) is 0.286. The van der Waals surface area contributed by atoms with Crippen LogP contribution in [0.2, 0.25) is 0 Å². The average Bonchev–Trinajstić information content (AvgIpc) is 3.07. The highest BCUT2D eigenvalue weighted by Crippen LogP contribution is 2.24. The van der Waals surface area contributed by atoms with Gasteiger partial charge in [-0.1, -0.05) is 45.0 Å². The van der Waals surface area contributed by atoms with Gasteiger partial charge in [0.25, 0.3) is 5.91 Å². The number of hydrogen-bond donors (Lipinski definition) is 1. The zero-order valence-electron chi connectivity index (χ0n) is 16.1. The van der Waals surface area contributed by atoms with Gasteiger partial charge in [0, 0.05) is 0 Å². The molecule has 2 N–H and O–H groups in total. The number of primary amides is 1. The topological polar surface area (TPSA) is 83.0 Å².